The molecule has 114 valence electrons. The molecule has 0 atom stereocenters. The average molecular weight is 322 g/mol. The molecule has 1 aromatic carbocycles. The molecule has 0 saturated heterocycles. The molecule has 0 bridgehead atoms. The van der Waals surface area contributed by atoms with Gasteiger partial charge in [0.15, 0.2) is 0 Å². The third kappa shape index (κ3) is 3.15. The third-order valence-corrected chi connectivity index (χ3v) is 3.53. The van der Waals surface area contributed by atoms with E-state index in [-0.39, 0.29) is 17.1 Å². The second-order valence-electron chi connectivity index (χ2n) is 4.64. The summed E-state index contributed by atoms with van der Waals surface area (Å²) >= 11 is 6.07. The number of carbonyl (C=O) groups is 1. The lowest BCUT2D eigenvalue weighted by Crippen LogP contribution is -2.13. The van der Waals surface area contributed by atoms with Crippen LogP contribution in [0.2, 0.25) is 5.02 Å². The highest BCUT2D eigenvalue weighted by Gasteiger charge is 2.18. The fourth-order valence-electron chi connectivity index (χ4n) is 1.88. The van der Waals surface area contributed by atoms with E-state index in [1.54, 1.807) is 26.0 Å². The van der Waals surface area contributed by atoms with Gasteiger partial charge in [-0.25, -0.2) is 4.98 Å². The summed E-state index contributed by atoms with van der Waals surface area (Å²) in [7, 11) is 0. The molecule has 22 heavy (non-hydrogen) atoms. The second kappa shape index (κ2) is 5.98. The molecule has 0 aliphatic heterocycles. The van der Waals surface area contributed by atoms with Gasteiger partial charge in [0.1, 0.15) is 17.5 Å². The van der Waals surface area contributed by atoms with Crippen LogP contribution in [0.25, 0.3) is 0 Å². The van der Waals surface area contributed by atoms with Gasteiger partial charge in [0, 0.05) is 11.1 Å². The third-order valence-electron chi connectivity index (χ3n) is 2.94. The van der Waals surface area contributed by atoms with Crippen molar-refractivity contribution in [3.63, 3.8) is 0 Å². The molecule has 8 heteroatoms. The van der Waals surface area contributed by atoms with Crippen LogP contribution < -0.4 is 10.5 Å². The van der Waals surface area contributed by atoms with Crippen molar-refractivity contribution in [1.29, 1.82) is 0 Å². The molecular weight excluding hydrogens is 310 g/mol. The highest BCUT2D eigenvalue weighted by Crippen LogP contribution is 2.30. The van der Waals surface area contributed by atoms with Gasteiger partial charge in [0.05, 0.1) is 4.92 Å². The van der Waals surface area contributed by atoms with Crippen molar-refractivity contribution in [2.75, 3.05) is 0 Å². The molecule has 0 aliphatic rings. The van der Waals surface area contributed by atoms with Crippen LogP contribution in [0.5, 0.6) is 11.6 Å². The van der Waals surface area contributed by atoms with Crippen molar-refractivity contribution in [1.82, 2.24) is 4.98 Å². The minimum Gasteiger partial charge on any atom is -0.438 e. The Bertz CT molecular complexity index is 754. The molecule has 0 saturated carbocycles. The minimum absolute atomic E-state index is 0.0979. The van der Waals surface area contributed by atoms with Crippen LogP contribution >= 0.6 is 11.6 Å². The monoisotopic (exact) mass is 321 g/mol. The van der Waals surface area contributed by atoms with E-state index in [4.69, 9.17) is 22.1 Å². The Hall–Kier alpha value is -2.67. The summed E-state index contributed by atoms with van der Waals surface area (Å²) in [5, 5.41) is 11.3. The molecule has 2 rings (SSSR count). The van der Waals surface area contributed by atoms with E-state index in [1.165, 1.54) is 0 Å². The zero-order chi connectivity index (χ0) is 16.4. The maximum Gasteiger partial charge on any atom is 0.288 e. The molecule has 2 N–H and O–H groups in total. The van der Waals surface area contributed by atoms with Crippen molar-refractivity contribution in [3.05, 3.63) is 56.2 Å². The summed E-state index contributed by atoms with van der Waals surface area (Å²) in [6.45, 7) is 3.61. The van der Waals surface area contributed by atoms with Crippen molar-refractivity contribution >= 4 is 23.2 Å². The number of rotatable bonds is 4. The van der Waals surface area contributed by atoms with Gasteiger partial charge in [-0.1, -0.05) is 11.6 Å². The molecule has 7 nitrogen and oxygen atoms in total. The molecule has 0 fully saturated rings. The van der Waals surface area contributed by atoms with Crippen LogP contribution in [0.15, 0.2) is 24.4 Å². The van der Waals surface area contributed by atoms with Crippen molar-refractivity contribution in [2.24, 2.45) is 5.73 Å². The minimum atomic E-state index is -0.867. The standard InChI is InChI=1S/C14H12ClN3O4/c1-7-3-10(4-8(2)12(7)15)22-14-11(13(16)19)5-9(6-17-14)18(20)21/h3-6H,1-2H3,(H2,16,19). The summed E-state index contributed by atoms with van der Waals surface area (Å²) < 4.78 is 5.53. The maximum absolute atomic E-state index is 11.4. The second-order valence-corrected chi connectivity index (χ2v) is 5.02. The smallest absolute Gasteiger partial charge is 0.288 e. The zero-order valence-corrected chi connectivity index (χ0v) is 12.5. The SMILES string of the molecule is Cc1cc(Oc2ncc([N+](=O)[O-])cc2C(N)=O)cc(C)c1Cl. The van der Waals surface area contributed by atoms with Crippen molar-refractivity contribution < 1.29 is 14.5 Å². The average Bonchev–Trinajstić information content (AvgIpc) is 2.44. The number of halogens is 1. The molecule has 0 radical (unpaired) electrons. The predicted molar refractivity (Wildman–Crippen MR) is 80.4 cm³/mol. The van der Waals surface area contributed by atoms with Crippen molar-refractivity contribution in [3.8, 4) is 11.6 Å². The Labute approximate surface area is 130 Å². The van der Waals surface area contributed by atoms with Gasteiger partial charge in [0.25, 0.3) is 11.6 Å². The summed E-state index contributed by atoms with van der Waals surface area (Å²) in [4.78, 5) is 25.3. The lowest BCUT2D eigenvalue weighted by atomic mass is 10.1. The van der Waals surface area contributed by atoms with E-state index in [0.29, 0.717) is 10.8 Å². The number of carbonyl (C=O) groups excluding carboxylic acids is 1. The first-order valence-corrected chi connectivity index (χ1v) is 6.56. The summed E-state index contributed by atoms with van der Waals surface area (Å²) in [5.74, 6) is -0.559. The molecule has 0 spiro atoms. The number of hydrogen-bond donors (Lipinski definition) is 1. The number of amides is 1. The lowest BCUT2D eigenvalue weighted by Gasteiger charge is -2.10. The Balaban J connectivity index is 2.45. The van der Waals surface area contributed by atoms with E-state index in [9.17, 15) is 14.9 Å². The van der Waals surface area contributed by atoms with Crippen molar-refractivity contribution in [2.45, 2.75) is 13.8 Å². The number of aryl methyl sites for hydroxylation is 2. The summed E-state index contributed by atoms with van der Waals surface area (Å²) in [6.07, 6.45) is 0.997. The van der Waals surface area contributed by atoms with E-state index in [1.807, 2.05) is 0 Å². The van der Waals surface area contributed by atoms with Gasteiger partial charge in [-0.05, 0) is 37.1 Å². The molecule has 1 heterocycles. The molecule has 0 unspecified atom stereocenters. The van der Waals surface area contributed by atoms with Crippen LogP contribution in [-0.4, -0.2) is 15.8 Å². The summed E-state index contributed by atoms with van der Waals surface area (Å²) in [6, 6.07) is 4.37. The van der Waals surface area contributed by atoms with Crippen LogP contribution in [0.1, 0.15) is 21.5 Å². The van der Waals surface area contributed by atoms with Crippen LogP contribution in [0.3, 0.4) is 0 Å². The Morgan fingerprint density at radius 3 is 2.41 bits per heavy atom. The topological polar surface area (TPSA) is 108 Å². The normalized spacial score (nSPS) is 10.3. The highest BCUT2D eigenvalue weighted by atomic mass is 35.5. The molecule has 0 aliphatic carbocycles. The van der Waals surface area contributed by atoms with Crippen LogP contribution in [0, 0.1) is 24.0 Å². The van der Waals surface area contributed by atoms with Gasteiger partial charge < -0.3 is 10.5 Å². The highest BCUT2D eigenvalue weighted by molar-refractivity contribution is 6.32. The zero-order valence-electron chi connectivity index (χ0n) is 11.8. The number of primary amides is 1. The van der Waals surface area contributed by atoms with E-state index in [2.05, 4.69) is 4.98 Å². The number of nitro groups is 1. The quantitative estimate of drug-likeness (QED) is 0.687. The number of benzene rings is 1. The van der Waals surface area contributed by atoms with Gasteiger partial charge in [-0.15, -0.1) is 0 Å². The first-order valence-electron chi connectivity index (χ1n) is 6.18. The van der Waals surface area contributed by atoms with E-state index in [0.717, 1.165) is 23.4 Å². The fraction of sp³-hybridized carbons (Fsp3) is 0.143. The predicted octanol–water partition coefficient (Wildman–Crippen LogP) is 3.15. The molecular formula is C14H12ClN3O4. The van der Waals surface area contributed by atoms with Crippen LogP contribution in [0.4, 0.5) is 5.69 Å². The number of nitrogens with zero attached hydrogens (tertiary/aromatic N) is 2. The first kappa shape index (κ1) is 15.7. The van der Waals surface area contributed by atoms with Gasteiger partial charge in [-0.3, -0.25) is 14.9 Å². The first-order chi connectivity index (χ1) is 10.3. The molecule has 2 aromatic rings. The van der Waals surface area contributed by atoms with E-state index >= 15 is 0 Å². The number of ether oxygens (including phenoxy) is 1. The number of hydrogen-bond acceptors (Lipinski definition) is 5. The number of nitrogens with two attached hydrogens (primary N) is 1. The maximum atomic E-state index is 11.4. The Morgan fingerprint density at radius 1 is 1.32 bits per heavy atom. The Morgan fingerprint density at radius 2 is 1.91 bits per heavy atom. The van der Waals surface area contributed by atoms with Gasteiger partial charge >= 0.3 is 0 Å². The largest absolute Gasteiger partial charge is 0.438 e. The van der Waals surface area contributed by atoms with Crippen LogP contribution in [-0.2, 0) is 0 Å². The summed E-state index contributed by atoms with van der Waals surface area (Å²) in [5.41, 5.74) is 6.29. The fourth-order valence-corrected chi connectivity index (χ4v) is 1.98. The van der Waals surface area contributed by atoms with Gasteiger partial charge in [0.2, 0.25) is 5.88 Å². The number of pyridine rings is 1. The molecule has 1 aromatic heterocycles. The lowest BCUT2D eigenvalue weighted by molar-refractivity contribution is -0.385. The molecule has 1 amide bonds. The number of aromatic nitrogens is 1. The van der Waals surface area contributed by atoms with E-state index < -0.39 is 10.8 Å². The van der Waals surface area contributed by atoms with Gasteiger partial charge in [-0.2, -0.15) is 0 Å². The Kier molecular flexibility index (Phi) is 4.27.